The SMILES string of the molecule is CN1CCN(Cc2ccc(C(=O)O)c(F)c2)c2ccccc21. The molecule has 0 saturated carbocycles. The summed E-state index contributed by atoms with van der Waals surface area (Å²) in [6.07, 6.45) is 0. The minimum atomic E-state index is -1.24. The van der Waals surface area contributed by atoms with Crippen LogP contribution in [0.25, 0.3) is 0 Å². The summed E-state index contributed by atoms with van der Waals surface area (Å²) in [4.78, 5) is 15.2. The first-order valence-corrected chi connectivity index (χ1v) is 7.13. The Morgan fingerprint density at radius 3 is 2.59 bits per heavy atom. The molecule has 0 fully saturated rings. The van der Waals surface area contributed by atoms with Gasteiger partial charge in [0.2, 0.25) is 0 Å². The van der Waals surface area contributed by atoms with Crippen LogP contribution in [0.4, 0.5) is 15.8 Å². The molecule has 0 radical (unpaired) electrons. The fourth-order valence-corrected chi connectivity index (χ4v) is 2.78. The Kier molecular flexibility index (Phi) is 3.71. The minimum Gasteiger partial charge on any atom is -0.478 e. The van der Waals surface area contributed by atoms with Gasteiger partial charge in [0.15, 0.2) is 0 Å². The average Bonchev–Trinajstić information content (AvgIpc) is 2.50. The van der Waals surface area contributed by atoms with Crippen molar-refractivity contribution in [2.75, 3.05) is 29.9 Å². The van der Waals surface area contributed by atoms with Gasteiger partial charge in [0.25, 0.3) is 0 Å². The first-order chi connectivity index (χ1) is 10.6. The quantitative estimate of drug-likeness (QED) is 0.946. The summed E-state index contributed by atoms with van der Waals surface area (Å²) in [7, 11) is 2.05. The predicted octanol–water partition coefficient (Wildman–Crippen LogP) is 2.98. The third-order valence-corrected chi connectivity index (χ3v) is 3.98. The van der Waals surface area contributed by atoms with Crippen molar-refractivity contribution in [2.24, 2.45) is 0 Å². The van der Waals surface area contributed by atoms with E-state index in [9.17, 15) is 9.18 Å². The molecule has 3 rings (SSSR count). The fraction of sp³-hybridized carbons (Fsp3) is 0.235. The van der Waals surface area contributed by atoms with Crippen LogP contribution in [0, 0.1) is 5.82 Å². The standard InChI is InChI=1S/C17H17FN2O2/c1-19-8-9-20(16-5-3-2-4-15(16)19)11-12-6-7-13(17(21)22)14(18)10-12/h2-7,10H,8-9,11H2,1H3,(H,21,22). The minimum absolute atomic E-state index is 0.289. The van der Waals surface area contributed by atoms with E-state index < -0.39 is 11.8 Å². The zero-order valence-electron chi connectivity index (χ0n) is 12.3. The molecule has 0 aromatic heterocycles. The van der Waals surface area contributed by atoms with Crippen LogP contribution in [0.3, 0.4) is 0 Å². The second-order valence-electron chi connectivity index (χ2n) is 5.45. The first-order valence-electron chi connectivity index (χ1n) is 7.13. The highest BCUT2D eigenvalue weighted by Crippen LogP contribution is 2.32. The molecule has 114 valence electrons. The fourth-order valence-electron chi connectivity index (χ4n) is 2.78. The number of fused-ring (bicyclic) bond motifs is 1. The van der Waals surface area contributed by atoms with Crippen LogP contribution in [-0.2, 0) is 6.54 Å². The van der Waals surface area contributed by atoms with Crippen LogP contribution >= 0.6 is 0 Å². The molecule has 0 amide bonds. The Labute approximate surface area is 128 Å². The highest BCUT2D eigenvalue weighted by atomic mass is 19.1. The highest BCUT2D eigenvalue weighted by molar-refractivity contribution is 5.87. The van der Waals surface area contributed by atoms with E-state index >= 15 is 0 Å². The maximum atomic E-state index is 13.8. The van der Waals surface area contributed by atoms with Gasteiger partial charge in [-0.2, -0.15) is 0 Å². The van der Waals surface area contributed by atoms with E-state index in [4.69, 9.17) is 5.11 Å². The summed E-state index contributed by atoms with van der Waals surface area (Å²) in [6.45, 7) is 2.30. The molecule has 1 aliphatic rings. The van der Waals surface area contributed by atoms with Crippen molar-refractivity contribution in [3.05, 3.63) is 59.4 Å². The number of aromatic carboxylic acids is 1. The largest absolute Gasteiger partial charge is 0.478 e. The third-order valence-electron chi connectivity index (χ3n) is 3.98. The molecule has 0 unspecified atom stereocenters. The maximum absolute atomic E-state index is 13.8. The number of carboxylic acid groups (broad SMARTS) is 1. The number of para-hydroxylation sites is 2. The molecule has 1 aliphatic heterocycles. The number of hydrogen-bond donors (Lipinski definition) is 1. The van der Waals surface area contributed by atoms with Crippen molar-refractivity contribution in [1.29, 1.82) is 0 Å². The number of benzene rings is 2. The smallest absolute Gasteiger partial charge is 0.338 e. The molecule has 4 nitrogen and oxygen atoms in total. The molecule has 0 atom stereocenters. The number of likely N-dealkylation sites (N-methyl/N-ethyl adjacent to an activating group) is 1. The average molecular weight is 300 g/mol. The summed E-state index contributed by atoms with van der Waals surface area (Å²) in [5.41, 5.74) is 2.74. The molecule has 2 aromatic rings. The summed E-state index contributed by atoms with van der Waals surface area (Å²) in [5.74, 6) is -1.93. The van der Waals surface area contributed by atoms with Crippen molar-refractivity contribution in [3.8, 4) is 0 Å². The number of nitrogens with zero attached hydrogens (tertiary/aromatic N) is 2. The Morgan fingerprint density at radius 2 is 1.91 bits per heavy atom. The Balaban J connectivity index is 1.87. The summed E-state index contributed by atoms with van der Waals surface area (Å²) >= 11 is 0. The van der Waals surface area contributed by atoms with Gasteiger partial charge in [0.1, 0.15) is 5.82 Å². The molecule has 1 heterocycles. The van der Waals surface area contributed by atoms with Crippen LogP contribution in [0.1, 0.15) is 15.9 Å². The number of anilines is 2. The lowest BCUT2D eigenvalue weighted by Gasteiger charge is -2.37. The maximum Gasteiger partial charge on any atom is 0.338 e. The molecular weight excluding hydrogens is 283 g/mol. The number of carbonyl (C=O) groups is 1. The van der Waals surface area contributed by atoms with Gasteiger partial charge in [-0.3, -0.25) is 0 Å². The number of rotatable bonds is 3. The molecule has 0 bridgehead atoms. The van der Waals surface area contributed by atoms with E-state index in [1.807, 2.05) is 18.2 Å². The first kappa shape index (κ1) is 14.4. The van der Waals surface area contributed by atoms with Crippen LogP contribution in [0.15, 0.2) is 42.5 Å². The van der Waals surface area contributed by atoms with E-state index in [0.29, 0.717) is 6.54 Å². The summed E-state index contributed by atoms with van der Waals surface area (Å²) in [5, 5.41) is 8.88. The zero-order chi connectivity index (χ0) is 15.7. The topological polar surface area (TPSA) is 43.8 Å². The van der Waals surface area contributed by atoms with Crippen LogP contribution in [-0.4, -0.2) is 31.2 Å². The molecular formula is C17H17FN2O2. The van der Waals surface area contributed by atoms with E-state index in [1.54, 1.807) is 6.07 Å². The van der Waals surface area contributed by atoms with E-state index in [0.717, 1.165) is 30.0 Å². The molecule has 0 spiro atoms. The Bertz CT molecular complexity index is 718. The number of halogens is 1. The van der Waals surface area contributed by atoms with Crippen molar-refractivity contribution < 1.29 is 14.3 Å². The van der Waals surface area contributed by atoms with Crippen LogP contribution in [0.2, 0.25) is 0 Å². The Morgan fingerprint density at radius 1 is 1.18 bits per heavy atom. The zero-order valence-corrected chi connectivity index (χ0v) is 12.3. The molecule has 5 heteroatoms. The van der Waals surface area contributed by atoms with Crippen LogP contribution < -0.4 is 9.80 Å². The van der Waals surface area contributed by atoms with Crippen molar-refractivity contribution >= 4 is 17.3 Å². The molecule has 0 saturated heterocycles. The molecule has 1 N–H and O–H groups in total. The second kappa shape index (κ2) is 5.67. The summed E-state index contributed by atoms with van der Waals surface area (Å²) in [6, 6.07) is 12.4. The summed E-state index contributed by atoms with van der Waals surface area (Å²) < 4.78 is 13.8. The highest BCUT2D eigenvalue weighted by Gasteiger charge is 2.20. The second-order valence-corrected chi connectivity index (χ2v) is 5.45. The predicted molar refractivity (Wildman–Crippen MR) is 84.1 cm³/mol. The van der Waals surface area contributed by atoms with Crippen molar-refractivity contribution in [3.63, 3.8) is 0 Å². The van der Waals surface area contributed by atoms with Gasteiger partial charge in [0, 0.05) is 26.7 Å². The van der Waals surface area contributed by atoms with Gasteiger partial charge in [-0.1, -0.05) is 18.2 Å². The molecule has 0 aliphatic carbocycles. The van der Waals surface area contributed by atoms with E-state index in [1.165, 1.54) is 12.1 Å². The van der Waals surface area contributed by atoms with Crippen molar-refractivity contribution in [1.82, 2.24) is 0 Å². The van der Waals surface area contributed by atoms with Gasteiger partial charge < -0.3 is 14.9 Å². The normalized spacial score (nSPS) is 13.9. The number of carboxylic acids is 1. The number of hydrogen-bond acceptors (Lipinski definition) is 3. The van der Waals surface area contributed by atoms with Gasteiger partial charge >= 0.3 is 5.97 Å². The van der Waals surface area contributed by atoms with Gasteiger partial charge in [-0.15, -0.1) is 0 Å². The van der Waals surface area contributed by atoms with E-state index in [2.05, 4.69) is 22.9 Å². The van der Waals surface area contributed by atoms with Gasteiger partial charge in [-0.05, 0) is 29.8 Å². The lowest BCUT2D eigenvalue weighted by Crippen LogP contribution is -2.38. The molecule has 22 heavy (non-hydrogen) atoms. The van der Waals surface area contributed by atoms with Gasteiger partial charge in [0.05, 0.1) is 16.9 Å². The van der Waals surface area contributed by atoms with Gasteiger partial charge in [-0.25, -0.2) is 9.18 Å². The lowest BCUT2D eigenvalue weighted by atomic mass is 10.1. The molecule has 2 aromatic carbocycles. The third kappa shape index (κ3) is 2.62. The van der Waals surface area contributed by atoms with Crippen molar-refractivity contribution in [2.45, 2.75) is 6.54 Å². The lowest BCUT2D eigenvalue weighted by molar-refractivity contribution is 0.0692. The Hall–Kier alpha value is -2.56. The van der Waals surface area contributed by atoms with E-state index in [-0.39, 0.29) is 5.56 Å². The van der Waals surface area contributed by atoms with Crippen LogP contribution in [0.5, 0.6) is 0 Å². The monoisotopic (exact) mass is 300 g/mol.